The third kappa shape index (κ3) is 4.06. The van der Waals surface area contributed by atoms with Crippen LogP contribution in [0.3, 0.4) is 0 Å². The molecular formula is C10H15N5O2. The molecule has 92 valence electrons. The molecule has 17 heavy (non-hydrogen) atoms. The minimum atomic E-state index is -0.427. The van der Waals surface area contributed by atoms with E-state index >= 15 is 0 Å². The van der Waals surface area contributed by atoms with Crippen LogP contribution in [-0.4, -0.2) is 42.1 Å². The largest absolute Gasteiger partial charge is 0.369 e. The lowest BCUT2D eigenvalue weighted by atomic mass is 10.3. The van der Waals surface area contributed by atoms with Gasteiger partial charge in [-0.1, -0.05) is 0 Å². The first kappa shape index (κ1) is 12.9. The molecule has 0 aliphatic rings. The van der Waals surface area contributed by atoms with Gasteiger partial charge in [-0.3, -0.25) is 9.59 Å². The molecule has 1 heterocycles. The van der Waals surface area contributed by atoms with E-state index in [1.54, 1.807) is 12.1 Å². The van der Waals surface area contributed by atoms with Gasteiger partial charge in [0.15, 0.2) is 5.69 Å². The standard InChI is InChI=1S/C10H15N5O2/c1-3-12-8-5-4-7(14-15-8)10(17)13-6-9(16)11-2/h4-5H,3,6H2,1-2H3,(H,11,16)(H,12,15)(H,13,17). The first-order chi connectivity index (χ1) is 8.17. The van der Waals surface area contributed by atoms with E-state index in [1.807, 2.05) is 6.92 Å². The lowest BCUT2D eigenvalue weighted by Crippen LogP contribution is -2.35. The van der Waals surface area contributed by atoms with E-state index in [2.05, 4.69) is 26.1 Å². The molecule has 0 fully saturated rings. The van der Waals surface area contributed by atoms with Gasteiger partial charge in [-0.25, -0.2) is 0 Å². The Morgan fingerprint density at radius 1 is 1.29 bits per heavy atom. The maximum absolute atomic E-state index is 11.5. The van der Waals surface area contributed by atoms with E-state index in [1.165, 1.54) is 7.05 Å². The van der Waals surface area contributed by atoms with Gasteiger partial charge in [-0.2, -0.15) is 0 Å². The van der Waals surface area contributed by atoms with E-state index < -0.39 is 5.91 Å². The average Bonchev–Trinajstić information content (AvgIpc) is 2.36. The predicted octanol–water partition coefficient (Wildman–Crippen LogP) is -0.616. The summed E-state index contributed by atoms with van der Waals surface area (Å²) >= 11 is 0. The lowest BCUT2D eigenvalue weighted by Gasteiger charge is -2.04. The van der Waals surface area contributed by atoms with Crippen LogP contribution in [0.2, 0.25) is 0 Å². The number of likely N-dealkylation sites (N-methyl/N-ethyl adjacent to an activating group) is 1. The van der Waals surface area contributed by atoms with Crippen LogP contribution in [0, 0.1) is 0 Å². The Balaban J connectivity index is 2.54. The summed E-state index contributed by atoms with van der Waals surface area (Å²) in [7, 11) is 1.50. The van der Waals surface area contributed by atoms with Crippen LogP contribution in [0.4, 0.5) is 5.82 Å². The van der Waals surface area contributed by atoms with Crippen molar-refractivity contribution in [1.82, 2.24) is 20.8 Å². The number of hydrogen-bond acceptors (Lipinski definition) is 5. The molecule has 0 atom stereocenters. The van der Waals surface area contributed by atoms with Crippen LogP contribution in [0.15, 0.2) is 12.1 Å². The highest BCUT2D eigenvalue weighted by atomic mass is 16.2. The van der Waals surface area contributed by atoms with Gasteiger partial charge in [-0.05, 0) is 19.1 Å². The molecule has 0 spiro atoms. The number of amides is 2. The fourth-order valence-electron chi connectivity index (χ4n) is 1.07. The summed E-state index contributed by atoms with van der Waals surface area (Å²) in [5.74, 6) is -0.0879. The number of nitrogens with zero attached hydrogens (tertiary/aromatic N) is 2. The fourth-order valence-corrected chi connectivity index (χ4v) is 1.07. The molecule has 0 saturated carbocycles. The van der Waals surface area contributed by atoms with Crippen LogP contribution < -0.4 is 16.0 Å². The minimum absolute atomic E-state index is 0.0774. The molecule has 0 aliphatic carbocycles. The molecule has 1 aromatic rings. The smallest absolute Gasteiger partial charge is 0.272 e. The molecule has 0 saturated heterocycles. The van der Waals surface area contributed by atoms with E-state index in [0.29, 0.717) is 5.82 Å². The van der Waals surface area contributed by atoms with Gasteiger partial charge < -0.3 is 16.0 Å². The number of nitrogens with one attached hydrogen (secondary N) is 3. The number of carbonyl (C=O) groups is 2. The molecule has 2 amide bonds. The van der Waals surface area contributed by atoms with Gasteiger partial charge in [-0.15, -0.1) is 10.2 Å². The van der Waals surface area contributed by atoms with Gasteiger partial charge >= 0.3 is 0 Å². The van der Waals surface area contributed by atoms with Crippen molar-refractivity contribution in [2.75, 3.05) is 25.5 Å². The summed E-state index contributed by atoms with van der Waals surface area (Å²) in [4.78, 5) is 22.4. The lowest BCUT2D eigenvalue weighted by molar-refractivity contribution is -0.119. The second kappa shape index (κ2) is 6.41. The molecule has 0 unspecified atom stereocenters. The van der Waals surface area contributed by atoms with Crippen molar-refractivity contribution < 1.29 is 9.59 Å². The van der Waals surface area contributed by atoms with Crippen LogP contribution >= 0.6 is 0 Å². The predicted molar refractivity (Wildman–Crippen MR) is 62.6 cm³/mol. The van der Waals surface area contributed by atoms with Crippen LogP contribution in [0.25, 0.3) is 0 Å². The van der Waals surface area contributed by atoms with Gasteiger partial charge in [0.1, 0.15) is 5.82 Å². The maximum atomic E-state index is 11.5. The monoisotopic (exact) mass is 237 g/mol. The molecule has 7 nitrogen and oxygen atoms in total. The van der Waals surface area contributed by atoms with Crippen molar-refractivity contribution in [3.63, 3.8) is 0 Å². The molecule has 0 aliphatic heterocycles. The van der Waals surface area contributed by atoms with Crippen molar-refractivity contribution in [3.8, 4) is 0 Å². The topological polar surface area (TPSA) is 96.0 Å². The normalized spacial score (nSPS) is 9.53. The Morgan fingerprint density at radius 2 is 2.06 bits per heavy atom. The Bertz CT molecular complexity index is 390. The van der Waals surface area contributed by atoms with Crippen molar-refractivity contribution in [2.45, 2.75) is 6.92 Å². The average molecular weight is 237 g/mol. The highest BCUT2D eigenvalue weighted by Gasteiger charge is 2.08. The number of hydrogen-bond donors (Lipinski definition) is 3. The zero-order valence-electron chi connectivity index (χ0n) is 9.78. The summed E-state index contributed by atoms with van der Waals surface area (Å²) in [5, 5.41) is 15.3. The summed E-state index contributed by atoms with van der Waals surface area (Å²) in [6.45, 7) is 2.59. The second-order valence-electron chi connectivity index (χ2n) is 3.19. The van der Waals surface area contributed by atoms with E-state index in [0.717, 1.165) is 6.54 Å². The highest BCUT2D eigenvalue weighted by molar-refractivity contribution is 5.94. The van der Waals surface area contributed by atoms with E-state index in [-0.39, 0.29) is 18.1 Å². The number of anilines is 1. The SMILES string of the molecule is CCNc1ccc(C(=O)NCC(=O)NC)nn1. The molecule has 0 aromatic carbocycles. The maximum Gasteiger partial charge on any atom is 0.272 e. The molecule has 1 rings (SSSR count). The second-order valence-corrected chi connectivity index (χ2v) is 3.19. The first-order valence-electron chi connectivity index (χ1n) is 5.23. The molecular weight excluding hydrogens is 222 g/mol. The van der Waals surface area contributed by atoms with Crippen molar-refractivity contribution >= 4 is 17.6 Å². The summed E-state index contributed by atoms with van der Waals surface area (Å²) < 4.78 is 0. The van der Waals surface area contributed by atoms with Gasteiger partial charge in [0, 0.05) is 13.6 Å². The zero-order chi connectivity index (χ0) is 12.7. The molecule has 0 bridgehead atoms. The Hall–Kier alpha value is -2.18. The van der Waals surface area contributed by atoms with Gasteiger partial charge in [0.25, 0.3) is 5.91 Å². The van der Waals surface area contributed by atoms with Crippen molar-refractivity contribution in [3.05, 3.63) is 17.8 Å². The Kier molecular flexibility index (Phi) is 4.86. The highest BCUT2D eigenvalue weighted by Crippen LogP contribution is 2.00. The van der Waals surface area contributed by atoms with E-state index in [9.17, 15) is 9.59 Å². The van der Waals surface area contributed by atoms with Crippen molar-refractivity contribution in [1.29, 1.82) is 0 Å². The quantitative estimate of drug-likeness (QED) is 0.634. The Labute approximate surface area is 99.0 Å². The first-order valence-corrected chi connectivity index (χ1v) is 5.23. The van der Waals surface area contributed by atoms with Crippen LogP contribution in [-0.2, 0) is 4.79 Å². The number of aromatic nitrogens is 2. The molecule has 7 heteroatoms. The molecule has 3 N–H and O–H groups in total. The third-order valence-corrected chi connectivity index (χ3v) is 1.94. The molecule has 0 radical (unpaired) electrons. The van der Waals surface area contributed by atoms with Gasteiger partial charge in [0.2, 0.25) is 5.91 Å². The third-order valence-electron chi connectivity index (χ3n) is 1.94. The number of rotatable bonds is 5. The fraction of sp³-hybridized carbons (Fsp3) is 0.400. The Morgan fingerprint density at radius 3 is 2.59 bits per heavy atom. The zero-order valence-corrected chi connectivity index (χ0v) is 9.78. The van der Waals surface area contributed by atoms with Crippen LogP contribution in [0.5, 0.6) is 0 Å². The van der Waals surface area contributed by atoms with E-state index in [4.69, 9.17) is 0 Å². The minimum Gasteiger partial charge on any atom is -0.369 e. The number of carbonyl (C=O) groups excluding carboxylic acids is 2. The van der Waals surface area contributed by atoms with Crippen LogP contribution in [0.1, 0.15) is 17.4 Å². The van der Waals surface area contributed by atoms with Crippen molar-refractivity contribution in [2.24, 2.45) is 0 Å². The summed E-state index contributed by atoms with van der Waals surface area (Å²) in [5.41, 5.74) is 0.176. The summed E-state index contributed by atoms with van der Waals surface area (Å²) in [6.07, 6.45) is 0. The molecule has 1 aromatic heterocycles. The summed E-state index contributed by atoms with van der Waals surface area (Å²) in [6, 6.07) is 3.20. The van der Waals surface area contributed by atoms with Gasteiger partial charge in [0.05, 0.1) is 6.54 Å².